The maximum Gasteiger partial charge on any atom is 0.187 e. The number of rotatable bonds is 3. The molecule has 3 nitrogen and oxygen atoms in total. The molecule has 0 aliphatic heterocycles. The van der Waals surface area contributed by atoms with Gasteiger partial charge in [0.2, 0.25) is 0 Å². The highest BCUT2D eigenvalue weighted by Crippen LogP contribution is 2.26. The van der Waals surface area contributed by atoms with Crippen LogP contribution in [-0.2, 0) is 6.42 Å². The summed E-state index contributed by atoms with van der Waals surface area (Å²) < 4.78 is 0. The molecular formula is C14H15N3S. The summed E-state index contributed by atoms with van der Waals surface area (Å²) in [5.41, 5.74) is 3.81. The third-order valence-electron chi connectivity index (χ3n) is 2.83. The van der Waals surface area contributed by atoms with E-state index in [1.807, 2.05) is 25.1 Å². The molecule has 1 N–H and O–H groups in total. The zero-order valence-electron chi connectivity index (χ0n) is 10.7. The lowest BCUT2D eigenvalue weighted by atomic mass is 10.1. The molecule has 18 heavy (non-hydrogen) atoms. The van der Waals surface area contributed by atoms with Gasteiger partial charge >= 0.3 is 0 Å². The molecule has 2 aromatic rings. The van der Waals surface area contributed by atoms with Crippen LogP contribution >= 0.6 is 11.3 Å². The highest BCUT2D eigenvalue weighted by molar-refractivity contribution is 7.15. The van der Waals surface area contributed by atoms with Crippen molar-refractivity contribution in [1.82, 2.24) is 4.98 Å². The van der Waals surface area contributed by atoms with Gasteiger partial charge in [-0.1, -0.05) is 6.92 Å². The number of thiazole rings is 1. The van der Waals surface area contributed by atoms with Crippen LogP contribution in [0.25, 0.3) is 0 Å². The summed E-state index contributed by atoms with van der Waals surface area (Å²) in [6.45, 7) is 6.14. The predicted molar refractivity (Wildman–Crippen MR) is 75.4 cm³/mol. The molecule has 4 heteroatoms. The van der Waals surface area contributed by atoms with Crippen molar-refractivity contribution in [1.29, 1.82) is 5.26 Å². The molecule has 0 aliphatic rings. The van der Waals surface area contributed by atoms with Crippen LogP contribution < -0.4 is 5.32 Å². The van der Waals surface area contributed by atoms with Gasteiger partial charge in [0.1, 0.15) is 0 Å². The first-order valence-corrected chi connectivity index (χ1v) is 6.69. The van der Waals surface area contributed by atoms with Crippen molar-refractivity contribution >= 4 is 22.2 Å². The molecule has 1 aromatic carbocycles. The Balaban J connectivity index is 2.23. The van der Waals surface area contributed by atoms with Crippen molar-refractivity contribution in [2.24, 2.45) is 0 Å². The molecule has 2 rings (SSSR count). The Morgan fingerprint density at radius 1 is 1.39 bits per heavy atom. The lowest BCUT2D eigenvalue weighted by Crippen LogP contribution is -1.92. The quantitative estimate of drug-likeness (QED) is 0.906. The fourth-order valence-corrected chi connectivity index (χ4v) is 2.72. The van der Waals surface area contributed by atoms with E-state index in [-0.39, 0.29) is 0 Å². The molecule has 92 valence electrons. The molecule has 0 unspecified atom stereocenters. The van der Waals surface area contributed by atoms with Gasteiger partial charge in [0.25, 0.3) is 0 Å². The lowest BCUT2D eigenvalue weighted by Gasteiger charge is -2.04. The van der Waals surface area contributed by atoms with Crippen LogP contribution in [0.15, 0.2) is 18.2 Å². The van der Waals surface area contributed by atoms with Crippen molar-refractivity contribution in [2.75, 3.05) is 5.32 Å². The maximum atomic E-state index is 8.89. The van der Waals surface area contributed by atoms with Gasteiger partial charge in [0.15, 0.2) is 5.13 Å². The van der Waals surface area contributed by atoms with E-state index in [0.29, 0.717) is 5.56 Å². The Morgan fingerprint density at radius 2 is 2.17 bits per heavy atom. The topological polar surface area (TPSA) is 48.7 Å². The molecule has 0 aliphatic carbocycles. The van der Waals surface area contributed by atoms with Gasteiger partial charge in [0.05, 0.1) is 17.3 Å². The van der Waals surface area contributed by atoms with E-state index in [0.717, 1.165) is 28.5 Å². The van der Waals surface area contributed by atoms with E-state index in [4.69, 9.17) is 5.26 Å². The molecule has 0 atom stereocenters. The van der Waals surface area contributed by atoms with E-state index >= 15 is 0 Å². The van der Waals surface area contributed by atoms with Gasteiger partial charge in [-0.05, 0) is 44.0 Å². The standard InChI is InChI=1S/C14H15N3S/c1-4-13-10(3)18-14(17-13)16-12-6-5-11(8-15)9(2)7-12/h5-7H,4H2,1-3H3,(H,16,17). The van der Waals surface area contributed by atoms with Gasteiger partial charge in [0, 0.05) is 10.6 Å². The first-order valence-electron chi connectivity index (χ1n) is 5.88. The van der Waals surface area contributed by atoms with Gasteiger partial charge < -0.3 is 5.32 Å². The monoisotopic (exact) mass is 257 g/mol. The summed E-state index contributed by atoms with van der Waals surface area (Å²) in [6, 6.07) is 7.88. The average Bonchev–Trinajstić information content (AvgIpc) is 2.69. The van der Waals surface area contributed by atoms with Crippen LogP contribution in [0.3, 0.4) is 0 Å². The smallest absolute Gasteiger partial charge is 0.187 e. The Bertz CT molecular complexity index is 608. The number of aromatic nitrogens is 1. The number of benzene rings is 1. The highest BCUT2D eigenvalue weighted by Gasteiger charge is 2.06. The fraction of sp³-hybridized carbons (Fsp3) is 0.286. The van der Waals surface area contributed by atoms with Crippen molar-refractivity contribution in [2.45, 2.75) is 27.2 Å². The van der Waals surface area contributed by atoms with Crippen LogP contribution in [0.2, 0.25) is 0 Å². The van der Waals surface area contributed by atoms with Crippen LogP contribution in [0, 0.1) is 25.2 Å². The second-order valence-electron chi connectivity index (χ2n) is 4.14. The van der Waals surface area contributed by atoms with Crippen molar-refractivity contribution < 1.29 is 0 Å². The molecule has 1 aromatic heterocycles. The zero-order chi connectivity index (χ0) is 13.1. The van der Waals surface area contributed by atoms with Gasteiger partial charge in [-0.3, -0.25) is 0 Å². The molecule has 0 bridgehead atoms. The second-order valence-corrected chi connectivity index (χ2v) is 5.35. The van der Waals surface area contributed by atoms with Gasteiger partial charge in [-0.25, -0.2) is 4.98 Å². The molecule has 0 saturated carbocycles. The van der Waals surface area contributed by atoms with E-state index in [1.165, 1.54) is 4.88 Å². The number of anilines is 2. The number of nitriles is 1. The fourth-order valence-electron chi connectivity index (χ4n) is 1.80. The van der Waals surface area contributed by atoms with Crippen LogP contribution in [0.5, 0.6) is 0 Å². The number of nitrogens with one attached hydrogen (secondary N) is 1. The molecule has 0 radical (unpaired) electrons. The summed E-state index contributed by atoms with van der Waals surface area (Å²) in [4.78, 5) is 5.79. The molecule has 0 spiro atoms. The SMILES string of the molecule is CCc1nc(Nc2ccc(C#N)c(C)c2)sc1C. The van der Waals surface area contributed by atoms with Crippen LogP contribution in [-0.4, -0.2) is 4.98 Å². The summed E-state index contributed by atoms with van der Waals surface area (Å²) in [5, 5.41) is 13.1. The second kappa shape index (κ2) is 5.19. The Morgan fingerprint density at radius 3 is 2.72 bits per heavy atom. The molecule has 0 saturated heterocycles. The summed E-state index contributed by atoms with van der Waals surface area (Å²) in [5.74, 6) is 0. The minimum Gasteiger partial charge on any atom is -0.332 e. The summed E-state index contributed by atoms with van der Waals surface area (Å²) >= 11 is 1.66. The molecule has 1 heterocycles. The van der Waals surface area contributed by atoms with Crippen molar-refractivity contribution in [3.63, 3.8) is 0 Å². The lowest BCUT2D eigenvalue weighted by molar-refractivity contribution is 1.05. The number of aryl methyl sites for hydroxylation is 3. The highest BCUT2D eigenvalue weighted by atomic mass is 32.1. The van der Waals surface area contributed by atoms with Crippen molar-refractivity contribution in [3.8, 4) is 6.07 Å². The Hall–Kier alpha value is -1.86. The minimum absolute atomic E-state index is 0.713. The molecular weight excluding hydrogens is 242 g/mol. The number of hydrogen-bond donors (Lipinski definition) is 1. The Kier molecular flexibility index (Phi) is 3.63. The molecule has 0 fully saturated rings. The van der Waals surface area contributed by atoms with Gasteiger partial charge in [-0.2, -0.15) is 5.26 Å². The van der Waals surface area contributed by atoms with Gasteiger partial charge in [-0.15, -0.1) is 11.3 Å². The third kappa shape index (κ3) is 2.52. The van der Waals surface area contributed by atoms with Crippen LogP contribution in [0.1, 0.15) is 28.6 Å². The zero-order valence-corrected chi connectivity index (χ0v) is 11.6. The van der Waals surface area contributed by atoms with E-state index in [9.17, 15) is 0 Å². The average molecular weight is 257 g/mol. The normalized spacial score (nSPS) is 10.1. The van der Waals surface area contributed by atoms with Crippen molar-refractivity contribution in [3.05, 3.63) is 39.9 Å². The maximum absolute atomic E-state index is 8.89. The largest absolute Gasteiger partial charge is 0.332 e. The summed E-state index contributed by atoms with van der Waals surface area (Å²) in [6.07, 6.45) is 0.955. The van der Waals surface area contributed by atoms with Crippen LogP contribution in [0.4, 0.5) is 10.8 Å². The first-order chi connectivity index (χ1) is 8.63. The number of nitrogens with zero attached hydrogens (tertiary/aromatic N) is 2. The van der Waals surface area contributed by atoms with E-state index in [2.05, 4.69) is 30.2 Å². The minimum atomic E-state index is 0.713. The first kappa shape index (κ1) is 12.6. The van der Waals surface area contributed by atoms with E-state index in [1.54, 1.807) is 11.3 Å². The van der Waals surface area contributed by atoms with E-state index < -0.39 is 0 Å². The third-order valence-corrected chi connectivity index (χ3v) is 3.75. The molecule has 0 amide bonds. The number of hydrogen-bond acceptors (Lipinski definition) is 4. The Labute approximate surface area is 111 Å². The predicted octanol–water partition coefficient (Wildman–Crippen LogP) is 3.94. The summed E-state index contributed by atoms with van der Waals surface area (Å²) in [7, 11) is 0.